The number of hydrogen-bond acceptors (Lipinski definition) is 5. The maximum Gasteiger partial charge on any atom is 0.326 e. The first kappa shape index (κ1) is 15.7. The largest absolute Gasteiger partial charge is 0.508 e. The Morgan fingerprint density at radius 3 is 2.67 bits per heavy atom. The van der Waals surface area contributed by atoms with Gasteiger partial charge in [-0.2, -0.15) is 11.8 Å². The minimum Gasteiger partial charge on any atom is -0.508 e. The van der Waals surface area contributed by atoms with Gasteiger partial charge >= 0.3 is 5.97 Å². The van der Waals surface area contributed by atoms with E-state index < -0.39 is 12.0 Å². The van der Waals surface area contributed by atoms with Crippen LogP contribution in [0.3, 0.4) is 0 Å². The number of hydrogen-bond donors (Lipinski definition) is 4. The Morgan fingerprint density at radius 2 is 2.10 bits per heavy atom. The van der Waals surface area contributed by atoms with E-state index in [1.165, 1.54) is 12.1 Å². The third-order valence-electron chi connectivity index (χ3n) is 3.23. The third-order valence-corrected chi connectivity index (χ3v) is 4.29. The number of carboxylic acids is 1. The van der Waals surface area contributed by atoms with E-state index in [0.717, 1.165) is 17.9 Å². The van der Waals surface area contributed by atoms with Gasteiger partial charge in [0.15, 0.2) is 0 Å². The van der Waals surface area contributed by atoms with Crippen LogP contribution in [0, 0.1) is 0 Å². The lowest BCUT2D eigenvalue weighted by molar-refractivity contribution is -0.142. The molecule has 6 nitrogen and oxygen atoms in total. The van der Waals surface area contributed by atoms with Crippen molar-refractivity contribution in [3.05, 3.63) is 29.8 Å². The highest BCUT2D eigenvalue weighted by Gasteiger charge is 2.26. The standard InChI is InChI=1S/C14H18N2O4S/c17-10-3-1-9(2-4-10)7-11(14(19)20)16-13(18)12-8-21-6-5-15-12/h1-4,11-12,15,17H,5-8H2,(H,16,18)(H,19,20)/t11-,12?/m0/s1. The van der Waals surface area contributed by atoms with Crippen LogP contribution in [0.25, 0.3) is 0 Å². The second-order valence-corrected chi connectivity index (χ2v) is 6.00. The summed E-state index contributed by atoms with van der Waals surface area (Å²) < 4.78 is 0. The van der Waals surface area contributed by atoms with Gasteiger partial charge in [0.25, 0.3) is 0 Å². The summed E-state index contributed by atoms with van der Waals surface area (Å²) in [4.78, 5) is 23.4. The monoisotopic (exact) mass is 310 g/mol. The summed E-state index contributed by atoms with van der Waals surface area (Å²) in [6.45, 7) is 0.748. The highest BCUT2D eigenvalue weighted by molar-refractivity contribution is 7.99. The molecule has 1 aromatic rings. The molecule has 0 saturated carbocycles. The quantitative estimate of drug-likeness (QED) is 0.620. The zero-order chi connectivity index (χ0) is 15.2. The Morgan fingerprint density at radius 1 is 1.38 bits per heavy atom. The molecule has 1 fully saturated rings. The van der Waals surface area contributed by atoms with Crippen molar-refractivity contribution < 1.29 is 19.8 Å². The lowest BCUT2D eigenvalue weighted by atomic mass is 10.1. The minimum atomic E-state index is -1.07. The van der Waals surface area contributed by atoms with Gasteiger partial charge < -0.3 is 20.8 Å². The molecule has 1 amide bonds. The molecule has 0 spiro atoms. The molecule has 0 aliphatic carbocycles. The van der Waals surface area contributed by atoms with Crippen molar-refractivity contribution in [3.8, 4) is 5.75 Å². The number of nitrogens with one attached hydrogen (secondary N) is 2. The summed E-state index contributed by atoms with van der Waals surface area (Å²) in [7, 11) is 0. The first-order valence-electron chi connectivity index (χ1n) is 6.68. The van der Waals surface area contributed by atoms with Crippen LogP contribution in [-0.2, 0) is 16.0 Å². The van der Waals surface area contributed by atoms with E-state index in [0.29, 0.717) is 5.75 Å². The van der Waals surface area contributed by atoms with Crippen molar-refractivity contribution >= 4 is 23.6 Å². The van der Waals surface area contributed by atoms with Gasteiger partial charge in [0.2, 0.25) is 5.91 Å². The molecular formula is C14H18N2O4S. The summed E-state index contributed by atoms with van der Waals surface area (Å²) in [5.41, 5.74) is 0.742. The Kier molecular flexibility index (Phi) is 5.46. The van der Waals surface area contributed by atoms with Crippen molar-refractivity contribution in [2.75, 3.05) is 18.1 Å². The van der Waals surface area contributed by atoms with Gasteiger partial charge in [-0.1, -0.05) is 12.1 Å². The highest BCUT2D eigenvalue weighted by atomic mass is 32.2. The summed E-state index contributed by atoms with van der Waals surface area (Å²) in [6, 6.07) is 4.96. The van der Waals surface area contributed by atoms with E-state index in [1.807, 2.05) is 0 Å². The number of carboxylic acid groups (broad SMARTS) is 1. The van der Waals surface area contributed by atoms with Gasteiger partial charge in [0.05, 0.1) is 6.04 Å². The predicted molar refractivity (Wildman–Crippen MR) is 80.5 cm³/mol. The molecule has 1 aromatic carbocycles. The SMILES string of the molecule is O=C(N[C@@H](Cc1ccc(O)cc1)C(=O)O)C1CSCCN1. The maximum absolute atomic E-state index is 12.1. The van der Waals surface area contributed by atoms with Gasteiger partial charge in [0, 0.05) is 24.5 Å². The highest BCUT2D eigenvalue weighted by Crippen LogP contribution is 2.12. The van der Waals surface area contributed by atoms with Crippen molar-refractivity contribution in [2.24, 2.45) is 0 Å². The fraction of sp³-hybridized carbons (Fsp3) is 0.429. The number of phenolic OH excluding ortho intramolecular Hbond substituents is 1. The Labute approximate surface area is 126 Å². The van der Waals surface area contributed by atoms with E-state index in [-0.39, 0.29) is 24.1 Å². The van der Waals surface area contributed by atoms with Gasteiger partial charge in [-0.15, -0.1) is 0 Å². The minimum absolute atomic E-state index is 0.123. The van der Waals surface area contributed by atoms with E-state index in [4.69, 9.17) is 0 Å². The number of thioether (sulfide) groups is 1. The normalized spacial score (nSPS) is 19.7. The lowest BCUT2D eigenvalue weighted by Gasteiger charge is -2.24. The average Bonchev–Trinajstić information content (AvgIpc) is 2.49. The molecule has 1 aliphatic rings. The number of amides is 1. The number of rotatable bonds is 5. The molecule has 0 bridgehead atoms. The predicted octanol–water partition coefficient (Wildman–Crippen LogP) is 0.209. The number of phenols is 1. The third kappa shape index (κ3) is 4.64. The molecule has 4 N–H and O–H groups in total. The Bertz CT molecular complexity index is 500. The maximum atomic E-state index is 12.1. The molecule has 0 aromatic heterocycles. The van der Waals surface area contributed by atoms with Crippen molar-refractivity contribution in [1.29, 1.82) is 0 Å². The summed E-state index contributed by atoms with van der Waals surface area (Å²) in [5.74, 6) is 0.378. The van der Waals surface area contributed by atoms with Crippen LogP contribution in [0.1, 0.15) is 5.56 Å². The van der Waals surface area contributed by atoms with Crippen LogP contribution in [0.4, 0.5) is 0 Å². The molecule has 1 aliphatic heterocycles. The second kappa shape index (κ2) is 7.33. The number of carbonyl (C=O) groups excluding carboxylic acids is 1. The molecule has 7 heteroatoms. The summed E-state index contributed by atoms with van der Waals surface area (Å²) >= 11 is 1.67. The zero-order valence-corrected chi connectivity index (χ0v) is 12.2. The van der Waals surface area contributed by atoms with Gasteiger partial charge in [-0.05, 0) is 17.7 Å². The Hall–Kier alpha value is -1.73. The number of aromatic hydroxyl groups is 1. The van der Waals surface area contributed by atoms with Gasteiger partial charge in [0.1, 0.15) is 11.8 Å². The summed E-state index contributed by atoms with van der Waals surface area (Å²) in [6.07, 6.45) is 0.182. The van der Waals surface area contributed by atoms with Crippen molar-refractivity contribution in [2.45, 2.75) is 18.5 Å². The molecule has 0 radical (unpaired) electrons. The average molecular weight is 310 g/mol. The smallest absolute Gasteiger partial charge is 0.326 e. The fourth-order valence-electron chi connectivity index (χ4n) is 2.07. The van der Waals surface area contributed by atoms with Crippen LogP contribution in [-0.4, -0.2) is 52.2 Å². The topological polar surface area (TPSA) is 98.7 Å². The van der Waals surface area contributed by atoms with Crippen LogP contribution < -0.4 is 10.6 Å². The molecule has 21 heavy (non-hydrogen) atoms. The second-order valence-electron chi connectivity index (χ2n) is 4.85. The molecule has 1 saturated heterocycles. The molecule has 1 unspecified atom stereocenters. The van der Waals surface area contributed by atoms with Crippen LogP contribution in [0.15, 0.2) is 24.3 Å². The van der Waals surface area contributed by atoms with Crippen LogP contribution >= 0.6 is 11.8 Å². The van der Waals surface area contributed by atoms with Crippen LogP contribution in [0.2, 0.25) is 0 Å². The zero-order valence-electron chi connectivity index (χ0n) is 11.4. The first-order chi connectivity index (χ1) is 10.1. The van der Waals surface area contributed by atoms with E-state index >= 15 is 0 Å². The molecule has 114 valence electrons. The first-order valence-corrected chi connectivity index (χ1v) is 7.84. The molecule has 1 heterocycles. The molecule has 2 atom stereocenters. The Balaban J connectivity index is 1.96. The molecule has 2 rings (SSSR count). The van der Waals surface area contributed by atoms with E-state index in [9.17, 15) is 19.8 Å². The van der Waals surface area contributed by atoms with E-state index in [2.05, 4.69) is 10.6 Å². The lowest BCUT2D eigenvalue weighted by Crippen LogP contribution is -2.53. The van der Waals surface area contributed by atoms with Gasteiger partial charge in [-0.3, -0.25) is 4.79 Å². The van der Waals surface area contributed by atoms with E-state index in [1.54, 1.807) is 23.9 Å². The molecular weight excluding hydrogens is 292 g/mol. The number of aliphatic carboxylic acids is 1. The van der Waals surface area contributed by atoms with Crippen LogP contribution in [0.5, 0.6) is 5.75 Å². The van der Waals surface area contributed by atoms with Gasteiger partial charge in [-0.25, -0.2) is 4.79 Å². The number of benzene rings is 1. The fourth-order valence-corrected chi connectivity index (χ4v) is 3.01. The van der Waals surface area contributed by atoms with Crippen molar-refractivity contribution in [3.63, 3.8) is 0 Å². The summed E-state index contributed by atoms with van der Waals surface area (Å²) in [5, 5.41) is 24.1. The van der Waals surface area contributed by atoms with Crippen molar-refractivity contribution in [1.82, 2.24) is 10.6 Å². The number of carbonyl (C=O) groups is 2.